The van der Waals surface area contributed by atoms with E-state index in [2.05, 4.69) is 9.97 Å². The summed E-state index contributed by atoms with van der Waals surface area (Å²) in [7, 11) is 1.90. The van der Waals surface area contributed by atoms with Crippen molar-refractivity contribution in [3.8, 4) is 0 Å². The number of aromatic nitrogens is 2. The fourth-order valence-electron chi connectivity index (χ4n) is 2.12. The van der Waals surface area contributed by atoms with Gasteiger partial charge in [0.05, 0.1) is 5.39 Å². The van der Waals surface area contributed by atoms with E-state index >= 15 is 0 Å². The summed E-state index contributed by atoms with van der Waals surface area (Å²) in [6.45, 7) is 2.77. The molecule has 0 fully saturated rings. The predicted octanol–water partition coefficient (Wildman–Crippen LogP) is 2.19. The third kappa shape index (κ3) is 1.83. The van der Waals surface area contributed by atoms with Crippen molar-refractivity contribution in [3.05, 3.63) is 41.1 Å². The average Bonchev–Trinajstić information content (AvgIpc) is 2.45. The van der Waals surface area contributed by atoms with Crippen LogP contribution in [0.15, 0.2) is 39.8 Å². The molecule has 96 valence electrons. The molecule has 3 rings (SSSR count). The van der Waals surface area contributed by atoms with E-state index in [0.29, 0.717) is 11.4 Å². The van der Waals surface area contributed by atoms with Crippen LogP contribution in [0.4, 0.5) is 5.82 Å². The minimum atomic E-state index is -0.584. The molecule has 2 heterocycles. The van der Waals surface area contributed by atoms with Gasteiger partial charge in [-0.15, -0.1) is 0 Å². The van der Waals surface area contributed by atoms with Crippen LogP contribution in [0.2, 0.25) is 0 Å². The molecule has 0 aliphatic rings. The fraction of sp³-hybridized carbons (Fsp3) is 0.214. The van der Waals surface area contributed by atoms with Gasteiger partial charge in [0.15, 0.2) is 5.58 Å². The molecule has 0 atom stereocenters. The molecule has 0 unspecified atom stereocenters. The van der Waals surface area contributed by atoms with Crippen LogP contribution < -0.4 is 10.7 Å². The Kier molecular flexibility index (Phi) is 2.67. The zero-order valence-electron chi connectivity index (χ0n) is 10.8. The Labute approximate surface area is 109 Å². The van der Waals surface area contributed by atoms with E-state index in [1.807, 2.05) is 37.1 Å². The minimum absolute atomic E-state index is 0.543. The zero-order valence-corrected chi connectivity index (χ0v) is 10.8. The number of hydrogen-bond acceptors (Lipinski definition) is 5. The second-order valence-corrected chi connectivity index (χ2v) is 4.36. The van der Waals surface area contributed by atoms with Crippen LogP contribution in [0, 0.1) is 0 Å². The first-order chi connectivity index (χ1) is 9.20. The Morgan fingerprint density at radius 1 is 1.26 bits per heavy atom. The highest BCUT2D eigenvalue weighted by Crippen LogP contribution is 2.28. The molecule has 0 N–H and O–H groups in total. The quantitative estimate of drug-likeness (QED) is 0.657. The normalized spacial score (nSPS) is 11.1. The Morgan fingerprint density at radius 3 is 2.89 bits per heavy atom. The first-order valence-electron chi connectivity index (χ1n) is 6.09. The standard InChI is InChI=1S/C14H13N3O2/c1-3-17(2)13-10-5-4-9-6-7-15-8-11(9)12(10)19-14(18)16-13/h4-8H,3H2,1-2H3. The number of benzene rings is 1. The summed E-state index contributed by atoms with van der Waals surface area (Å²) < 4.78 is 5.28. The molecule has 0 bridgehead atoms. The van der Waals surface area contributed by atoms with Crippen LogP contribution in [0.25, 0.3) is 21.7 Å². The van der Waals surface area contributed by atoms with Crippen molar-refractivity contribution in [2.24, 2.45) is 0 Å². The summed E-state index contributed by atoms with van der Waals surface area (Å²) in [6, 6.07) is 5.79. The van der Waals surface area contributed by atoms with Crippen molar-refractivity contribution in [2.75, 3.05) is 18.5 Å². The van der Waals surface area contributed by atoms with E-state index < -0.39 is 5.76 Å². The zero-order chi connectivity index (χ0) is 13.4. The maximum atomic E-state index is 11.6. The Bertz CT molecular complexity index is 810. The number of pyridine rings is 1. The molecule has 0 saturated heterocycles. The number of rotatable bonds is 2. The molecule has 0 saturated carbocycles. The Hall–Kier alpha value is -2.43. The summed E-state index contributed by atoms with van der Waals surface area (Å²) >= 11 is 0. The van der Waals surface area contributed by atoms with E-state index in [-0.39, 0.29) is 0 Å². The highest BCUT2D eigenvalue weighted by molar-refractivity contribution is 6.06. The molecule has 1 aromatic carbocycles. The molecule has 0 spiro atoms. The summed E-state index contributed by atoms with van der Waals surface area (Å²) in [5.74, 6) is 0.0543. The van der Waals surface area contributed by atoms with Gasteiger partial charge in [0.1, 0.15) is 5.82 Å². The molecule has 0 radical (unpaired) electrons. The lowest BCUT2D eigenvalue weighted by Crippen LogP contribution is -2.21. The van der Waals surface area contributed by atoms with Crippen LogP contribution in [-0.2, 0) is 0 Å². The Balaban J connectivity index is 2.48. The maximum absolute atomic E-state index is 11.6. The lowest BCUT2D eigenvalue weighted by molar-refractivity contribution is 0.534. The minimum Gasteiger partial charge on any atom is -0.407 e. The van der Waals surface area contributed by atoms with Gasteiger partial charge in [-0.25, -0.2) is 4.79 Å². The van der Waals surface area contributed by atoms with Crippen LogP contribution in [0.1, 0.15) is 6.92 Å². The maximum Gasteiger partial charge on any atom is 0.441 e. The van der Waals surface area contributed by atoms with Gasteiger partial charge in [0.2, 0.25) is 0 Å². The molecule has 2 aromatic heterocycles. The fourth-order valence-corrected chi connectivity index (χ4v) is 2.12. The van der Waals surface area contributed by atoms with Crippen molar-refractivity contribution in [1.82, 2.24) is 9.97 Å². The van der Waals surface area contributed by atoms with Crippen LogP contribution in [0.3, 0.4) is 0 Å². The second kappa shape index (κ2) is 4.35. The van der Waals surface area contributed by atoms with E-state index in [9.17, 15) is 4.79 Å². The molecule has 0 aliphatic heterocycles. The topological polar surface area (TPSA) is 59.2 Å². The number of fused-ring (bicyclic) bond motifs is 3. The molecule has 0 amide bonds. The number of hydrogen-bond donors (Lipinski definition) is 0. The highest BCUT2D eigenvalue weighted by atomic mass is 16.4. The van der Waals surface area contributed by atoms with Crippen LogP contribution in [0.5, 0.6) is 0 Å². The lowest BCUT2D eigenvalue weighted by Gasteiger charge is -2.16. The second-order valence-electron chi connectivity index (χ2n) is 4.36. The summed E-state index contributed by atoms with van der Waals surface area (Å²) in [5.41, 5.74) is 0.543. The molecule has 0 aliphatic carbocycles. The van der Waals surface area contributed by atoms with E-state index in [1.165, 1.54) is 0 Å². The first-order valence-corrected chi connectivity index (χ1v) is 6.09. The molecule has 5 heteroatoms. The number of anilines is 1. The van der Waals surface area contributed by atoms with Crippen molar-refractivity contribution >= 4 is 27.6 Å². The molecule has 19 heavy (non-hydrogen) atoms. The highest BCUT2D eigenvalue weighted by Gasteiger charge is 2.12. The van der Waals surface area contributed by atoms with Gasteiger partial charge in [0.25, 0.3) is 0 Å². The van der Waals surface area contributed by atoms with Crippen molar-refractivity contribution in [3.63, 3.8) is 0 Å². The van der Waals surface area contributed by atoms with Gasteiger partial charge in [-0.2, -0.15) is 4.98 Å². The van der Waals surface area contributed by atoms with Gasteiger partial charge in [-0.05, 0) is 24.4 Å². The van der Waals surface area contributed by atoms with Crippen molar-refractivity contribution in [2.45, 2.75) is 6.92 Å². The molecular formula is C14H13N3O2. The predicted molar refractivity (Wildman–Crippen MR) is 74.5 cm³/mol. The van der Waals surface area contributed by atoms with Crippen LogP contribution in [-0.4, -0.2) is 23.6 Å². The summed E-state index contributed by atoms with van der Waals surface area (Å²) in [5, 5.41) is 2.64. The van der Waals surface area contributed by atoms with E-state index in [1.54, 1.807) is 12.4 Å². The molecule has 5 nitrogen and oxygen atoms in total. The van der Waals surface area contributed by atoms with Gasteiger partial charge < -0.3 is 9.32 Å². The molecule has 3 aromatic rings. The third-order valence-electron chi connectivity index (χ3n) is 3.24. The summed E-state index contributed by atoms with van der Waals surface area (Å²) in [4.78, 5) is 21.6. The largest absolute Gasteiger partial charge is 0.441 e. The van der Waals surface area contributed by atoms with E-state index in [4.69, 9.17) is 4.42 Å². The van der Waals surface area contributed by atoms with Gasteiger partial charge in [-0.3, -0.25) is 4.98 Å². The van der Waals surface area contributed by atoms with Crippen molar-refractivity contribution in [1.29, 1.82) is 0 Å². The monoisotopic (exact) mass is 255 g/mol. The smallest absolute Gasteiger partial charge is 0.407 e. The Morgan fingerprint density at radius 2 is 2.11 bits per heavy atom. The molecular weight excluding hydrogens is 242 g/mol. The third-order valence-corrected chi connectivity index (χ3v) is 3.24. The summed E-state index contributed by atoms with van der Waals surface area (Å²) in [6.07, 6.45) is 3.42. The van der Waals surface area contributed by atoms with Crippen LogP contribution >= 0.6 is 0 Å². The first kappa shape index (κ1) is 11.6. The number of nitrogens with zero attached hydrogens (tertiary/aromatic N) is 3. The van der Waals surface area contributed by atoms with E-state index in [0.717, 1.165) is 22.7 Å². The van der Waals surface area contributed by atoms with Crippen molar-refractivity contribution < 1.29 is 4.42 Å². The SMILES string of the molecule is CCN(C)c1nc(=O)oc2c1ccc1ccncc12. The van der Waals surface area contributed by atoms with Gasteiger partial charge >= 0.3 is 5.76 Å². The van der Waals surface area contributed by atoms with Gasteiger partial charge in [0, 0.05) is 31.4 Å². The van der Waals surface area contributed by atoms with Gasteiger partial charge in [-0.1, -0.05) is 6.07 Å². The lowest BCUT2D eigenvalue weighted by atomic mass is 10.1. The average molecular weight is 255 g/mol.